The highest BCUT2D eigenvalue weighted by molar-refractivity contribution is 5.47. The maximum Gasteiger partial charge on any atom is 0.207 e. The fraction of sp³-hybridized carbons (Fsp3) is 0.909. The molecule has 1 N–H and O–H groups in total. The molecule has 4 atom stereocenters. The fourth-order valence-electron chi connectivity index (χ4n) is 3.46. The summed E-state index contributed by atoms with van der Waals surface area (Å²) in [6.07, 6.45) is 3.42. The van der Waals surface area contributed by atoms with Crippen LogP contribution in [0.25, 0.3) is 0 Å². The first kappa shape index (κ1) is 9.04. The average molecular weight is 181 g/mol. The highest BCUT2D eigenvalue weighted by Gasteiger charge is 2.56. The van der Waals surface area contributed by atoms with E-state index in [0.717, 1.165) is 18.2 Å². The number of rotatable bonds is 2. The molecule has 0 heterocycles. The third-order valence-corrected chi connectivity index (χ3v) is 4.64. The zero-order valence-electron chi connectivity index (χ0n) is 8.71. The van der Waals surface area contributed by atoms with Crippen molar-refractivity contribution < 1.29 is 4.79 Å². The Morgan fingerprint density at radius 1 is 1.38 bits per heavy atom. The average Bonchev–Trinajstić information content (AvgIpc) is 2.08. The van der Waals surface area contributed by atoms with Gasteiger partial charge in [-0.15, -0.1) is 0 Å². The van der Waals surface area contributed by atoms with E-state index >= 15 is 0 Å². The molecule has 3 rings (SSSR count). The summed E-state index contributed by atoms with van der Waals surface area (Å²) in [5.74, 6) is 2.32. The molecule has 0 aromatic heterocycles. The second-order valence-corrected chi connectivity index (χ2v) is 5.35. The Morgan fingerprint density at radius 3 is 2.54 bits per heavy atom. The summed E-state index contributed by atoms with van der Waals surface area (Å²) in [7, 11) is 0. The predicted octanol–water partition coefficient (Wildman–Crippen LogP) is 1.80. The van der Waals surface area contributed by atoms with E-state index in [1.54, 1.807) is 0 Å². The van der Waals surface area contributed by atoms with Gasteiger partial charge in [0.25, 0.3) is 0 Å². The molecule has 3 saturated carbocycles. The Balaban J connectivity index is 2.07. The number of nitrogens with one attached hydrogen (secondary N) is 1. The number of amides is 1. The van der Waals surface area contributed by atoms with Gasteiger partial charge in [-0.2, -0.15) is 0 Å². The van der Waals surface area contributed by atoms with Gasteiger partial charge in [0.15, 0.2) is 0 Å². The number of carbonyl (C=O) groups is 1. The number of fused-ring (bicyclic) bond motifs is 2. The Kier molecular flexibility index (Phi) is 1.90. The lowest BCUT2D eigenvalue weighted by atomic mass is 9.45. The smallest absolute Gasteiger partial charge is 0.207 e. The van der Waals surface area contributed by atoms with E-state index in [2.05, 4.69) is 26.1 Å². The number of hydrogen-bond donors (Lipinski definition) is 1. The molecule has 0 saturated heterocycles. The fourth-order valence-corrected chi connectivity index (χ4v) is 3.46. The maximum atomic E-state index is 10.4. The van der Waals surface area contributed by atoms with Crippen LogP contribution in [-0.4, -0.2) is 12.5 Å². The third kappa shape index (κ3) is 1.11. The summed E-state index contributed by atoms with van der Waals surface area (Å²) in [6.45, 7) is 7.03. The molecule has 0 aromatic carbocycles. The first-order chi connectivity index (χ1) is 6.07. The van der Waals surface area contributed by atoms with Crippen LogP contribution in [0.5, 0.6) is 0 Å². The van der Waals surface area contributed by atoms with Gasteiger partial charge in [0, 0.05) is 6.04 Å². The quantitative estimate of drug-likeness (QED) is 0.647. The van der Waals surface area contributed by atoms with Gasteiger partial charge in [-0.05, 0) is 36.0 Å². The number of hydrogen-bond acceptors (Lipinski definition) is 1. The molecule has 0 spiro atoms. The minimum atomic E-state index is 0.439. The largest absolute Gasteiger partial charge is 0.356 e. The third-order valence-electron chi connectivity index (χ3n) is 4.64. The molecule has 1 amide bonds. The highest BCUT2D eigenvalue weighted by atomic mass is 16.1. The summed E-state index contributed by atoms with van der Waals surface area (Å²) in [5, 5.41) is 2.95. The van der Waals surface area contributed by atoms with E-state index in [1.165, 1.54) is 12.8 Å². The highest BCUT2D eigenvalue weighted by Crippen LogP contribution is 2.61. The van der Waals surface area contributed by atoms with Crippen LogP contribution in [0, 0.1) is 23.2 Å². The van der Waals surface area contributed by atoms with E-state index in [0.29, 0.717) is 17.4 Å². The Bertz CT molecular complexity index is 224. The van der Waals surface area contributed by atoms with Crippen LogP contribution < -0.4 is 5.32 Å². The minimum Gasteiger partial charge on any atom is -0.356 e. The molecule has 13 heavy (non-hydrogen) atoms. The van der Waals surface area contributed by atoms with Crippen molar-refractivity contribution in [3.8, 4) is 0 Å². The van der Waals surface area contributed by atoms with Crippen LogP contribution in [0.1, 0.15) is 33.6 Å². The van der Waals surface area contributed by atoms with Crippen molar-refractivity contribution in [1.82, 2.24) is 5.32 Å². The van der Waals surface area contributed by atoms with Crippen molar-refractivity contribution in [2.75, 3.05) is 0 Å². The van der Waals surface area contributed by atoms with Gasteiger partial charge >= 0.3 is 0 Å². The molecule has 2 heteroatoms. The molecule has 3 aliphatic rings. The molecular formula is C11H19NO. The summed E-state index contributed by atoms with van der Waals surface area (Å²) in [6, 6.07) is 0.439. The lowest BCUT2D eigenvalue weighted by Crippen LogP contribution is -2.59. The summed E-state index contributed by atoms with van der Waals surface area (Å²) in [5.41, 5.74) is 0.528. The molecule has 2 bridgehead atoms. The predicted molar refractivity (Wildman–Crippen MR) is 52.1 cm³/mol. The van der Waals surface area contributed by atoms with E-state index < -0.39 is 0 Å². The lowest BCUT2D eigenvalue weighted by Gasteiger charge is -2.61. The summed E-state index contributed by atoms with van der Waals surface area (Å²) < 4.78 is 0. The van der Waals surface area contributed by atoms with Crippen molar-refractivity contribution in [3.63, 3.8) is 0 Å². The lowest BCUT2D eigenvalue weighted by molar-refractivity contribution is -0.125. The minimum absolute atomic E-state index is 0.439. The van der Waals surface area contributed by atoms with Crippen LogP contribution in [0.4, 0.5) is 0 Å². The van der Waals surface area contributed by atoms with Crippen LogP contribution in [0.3, 0.4) is 0 Å². The monoisotopic (exact) mass is 181 g/mol. The number of carbonyl (C=O) groups excluding carboxylic acids is 1. The molecule has 0 unspecified atom stereocenters. The first-order valence-electron chi connectivity index (χ1n) is 5.27. The Labute approximate surface area is 80.1 Å². The summed E-state index contributed by atoms with van der Waals surface area (Å²) >= 11 is 0. The van der Waals surface area contributed by atoms with Crippen molar-refractivity contribution in [2.24, 2.45) is 23.2 Å². The van der Waals surface area contributed by atoms with E-state index in [4.69, 9.17) is 0 Å². The molecule has 3 fully saturated rings. The van der Waals surface area contributed by atoms with Crippen molar-refractivity contribution >= 4 is 6.41 Å². The van der Waals surface area contributed by atoms with Crippen molar-refractivity contribution in [1.29, 1.82) is 0 Å². The molecule has 3 aliphatic carbocycles. The van der Waals surface area contributed by atoms with Gasteiger partial charge < -0.3 is 5.32 Å². The SMILES string of the molecule is C[C@@H]1[C@@H](NC=O)C[C@H]2C[C@@H]1C2(C)C. The van der Waals surface area contributed by atoms with Crippen LogP contribution in [0.2, 0.25) is 0 Å². The van der Waals surface area contributed by atoms with Gasteiger partial charge in [-0.25, -0.2) is 0 Å². The van der Waals surface area contributed by atoms with E-state index in [1.807, 2.05) is 0 Å². The van der Waals surface area contributed by atoms with Gasteiger partial charge in [0.05, 0.1) is 0 Å². The Morgan fingerprint density at radius 2 is 2.08 bits per heavy atom. The van der Waals surface area contributed by atoms with Crippen molar-refractivity contribution in [2.45, 2.75) is 39.7 Å². The van der Waals surface area contributed by atoms with Crippen LogP contribution in [0.15, 0.2) is 0 Å². The molecule has 0 aromatic rings. The molecule has 0 radical (unpaired) electrons. The Hall–Kier alpha value is -0.530. The van der Waals surface area contributed by atoms with E-state index in [-0.39, 0.29) is 0 Å². The topological polar surface area (TPSA) is 29.1 Å². The van der Waals surface area contributed by atoms with Crippen LogP contribution in [-0.2, 0) is 4.79 Å². The first-order valence-corrected chi connectivity index (χ1v) is 5.27. The van der Waals surface area contributed by atoms with Gasteiger partial charge in [-0.1, -0.05) is 20.8 Å². The van der Waals surface area contributed by atoms with Crippen LogP contribution >= 0.6 is 0 Å². The second kappa shape index (κ2) is 2.73. The molecular weight excluding hydrogens is 162 g/mol. The van der Waals surface area contributed by atoms with Gasteiger partial charge in [-0.3, -0.25) is 4.79 Å². The van der Waals surface area contributed by atoms with Crippen molar-refractivity contribution in [3.05, 3.63) is 0 Å². The summed E-state index contributed by atoms with van der Waals surface area (Å²) in [4.78, 5) is 10.4. The molecule has 74 valence electrons. The zero-order valence-corrected chi connectivity index (χ0v) is 8.71. The zero-order chi connectivity index (χ0) is 9.64. The normalized spacial score (nSPS) is 46.4. The van der Waals surface area contributed by atoms with Gasteiger partial charge in [0.1, 0.15) is 0 Å². The standard InChI is InChI=1S/C11H19NO/c1-7-9-4-8(11(9,2)3)5-10(7)12-6-13/h6-10H,4-5H2,1-3H3,(H,12,13)/t7-,8+,9-,10-/m0/s1. The molecule has 2 nitrogen and oxygen atoms in total. The second-order valence-electron chi connectivity index (χ2n) is 5.35. The molecule has 0 aliphatic heterocycles. The van der Waals surface area contributed by atoms with Gasteiger partial charge in [0.2, 0.25) is 6.41 Å². The van der Waals surface area contributed by atoms with E-state index in [9.17, 15) is 4.79 Å². The maximum absolute atomic E-state index is 10.4.